The van der Waals surface area contributed by atoms with Crippen LogP contribution in [-0.2, 0) is 17.8 Å². The Hall–Kier alpha value is -2.92. The highest BCUT2D eigenvalue weighted by atomic mass is 35.5. The number of hydrogen-bond acceptors (Lipinski definition) is 6. The maximum absolute atomic E-state index is 12.9. The molecule has 8 nitrogen and oxygen atoms in total. The van der Waals surface area contributed by atoms with Crippen molar-refractivity contribution in [2.24, 2.45) is 5.73 Å². The van der Waals surface area contributed by atoms with Gasteiger partial charge in [0.05, 0.1) is 28.5 Å². The highest BCUT2D eigenvalue weighted by molar-refractivity contribution is 6.36. The third-order valence-electron chi connectivity index (χ3n) is 6.14. The molecule has 1 aliphatic heterocycles. The summed E-state index contributed by atoms with van der Waals surface area (Å²) in [4.78, 5) is 17.2. The average molecular weight is 553 g/mol. The topological polar surface area (TPSA) is 88.6 Å². The minimum atomic E-state index is -2.53. The van der Waals surface area contributed by atoms with E-state index in [9.17, 15) is 13.6 Å². The molecule has 1 atom stereocenters. The molecule has 2 heterocycles. The zero-order valence-corrected chi connectivity index (χ0v) is 21.7. The van der Waals surface area contributed by atoms with Gasteiger partial charge < -0.3 is 20.7 Å². The van der Waals surface area contributed by atoms with Crippen LogP contribution >= 0.6 is 23.2 Å². The summed E-state index contributed by atoms with van der Waals surface area (Å²) in [5.74, 6) is 0.479. The van der Waals surface area contributed by atoms with Crippen molar-refractivity contribution in [3.8, 4) is 11.5 Å². The van der Waals surface area contributed by atoms with E-state index in [1.165, 1.54) is 6.20 Å². The van der Waals surface area contributed by atoms with Crippen LogP contribution < -0.4 is 20.7 Å². The number of ether oxygens (including phenoxy) is 1. The third-order valence-corrected chi connectivity index (χ3v) is 6.82. The first kappa shape index (κ1) is 27.1. The molecule has 4 rings (SSSR count). The largest absolute Gasteiger partial charge is 0.454 e. The number of benzene rings is 2. The molecule has 3 N–H and O–H groups in total. The molecule has 1 fully saturated rings. The second-order valence-electron chi connectivity index (χ2n) is 8.77. The SMILES string of the molecule is CN1CCN(c2c(NC(=O)Cc3ccn(CC(F)F)n3)ccc(Oc3ccccc3Cl)c2Cl)C[C@@H]1CN. The van der Waals surface area contributed by atoms with Crippen molar-refractivity contribution in [3.63, 3.8) is 0 Å². The van der Waals surface area contributed by atoms with Gasteiger partial charge in [-0.15, -0.1) is 0 Å². The van der Waals surface area contributed by atoms with Crippen molar-refractivity contribution >= 4 is 40.5 Å². The molecule has 1 aromatic heterocycles. The van der Waals surface area contributed by atoms with Crippen molar-refractivity contribution in [1.82, 2.24) is 14.7 Å². The molecule has 198 valence electrons. The van der Waals surface area contributed by atoms with Gasteiger partial charge in [-0.2, -0.15) is 5.10 Å². The molecule has 2 aromatic carbocycles. The monoisotopic (exact) mass is 552 g/mol. The van der Waals surface area contributed by atoms with Gasteiger partial charge >= 0.3 is 0 Å². The van der Waals surface area contributed by atoms with Crippen LogP contribution in [0, 0.1) is 0 Å². The Kier molecular flexibility index (Phi) is 8.86. The first-order chi connectivity index (χ1) is 17.7. The second-order valence-corrected chi connectivity index (χ2v) is 9.55. The number of amides is 1. The van der Waals surface area contributed by atoms with Gasteiger partial charge in [0, 0.05) is 38.4 Å². The van der Waals surface area contributed by atoms with Crippen molar-refractivity contribution in [3.05, 3.63) is 64.4 Å². The number of carbonyl (C=O) groups is 1. The molecule has 37 heavy (non-hydrogen) atoms. The predicted molar refractivity (Wildman–Crippen MR) is 141 cm³/mol. The van der Waals surface area contributed by atoms with Gasteiger partial charge in [-0.05, 0) is 37.4 Å². The fraction of sp³-hybridized carbons (Fsp3) is 0.360. The number of alkyl halides is 2. The quantitative estimate of drug-likeness (QED) is 0.406. The lowest BCUT2D eigenvalue weighted by Gasteiger charge is -2.41. The maximum Gasteiger partial charge on any atom is 0.257 e. The number of nitrogens with one attached hydrogen (secondary N) is 1. The number of para-hydroxylation sites is 1. The van der Waals surface area contributed by atoms with Crippen LogP contribution in [0.1, 0.15) is 5.69 Å². The van der Waals surface area contributed by atoms with Crippen molar-refractivity contribution in [2.45, 2.75) is 25.4 Å². The Bertz CT molecular complexity index is 1240. The fourth-order valence-corrected chi connectivity index (χ4v) is 4.68. The molecule has 0 unspecified atom stereocenters. The Morgan fingerprint density at radius 2 is 1.97 bits per heavy atom. The number of carbonyl (C=O) groups excluding carboxylic acids is 1. The first-order valence-electron chi connectivity index (χ1n) is 11.8. The van der Waals surface area contributed by atoms with Crippen molar-refractivity contribution < 1.29 is 18.3 Å². The van der Waals surface area contributed by atoms with E-state index in [1.807, 2.05) is 7.05 Å². The van der Waals surface area contributed by atoms with Gasteiger partial charge in [-0.25, -0.2) is 8.78 Å². The number of aromatic nitrogens is 2. The molecule has 0 aliphatic carbocycles. The van der Waals surface area contributed by atoms with Crippen LogP contribution in [-0.4, -0.2) is 66.3 Å². The summed E-state index contributed by atoms with van der Waals surface area (Å²) < 4.78 is 32.4. The highest BCUT2D eigenvalue weighted by Gasteiger charge is 2.28. The summed E-state index contributed by atoms with van der Waals surface area (Å²) >= 11 is 13.2. The molecule has 12 heteroatoms. The molecule has 0 radical (unpaired) electrons. The predicted octanol–water partition coefficient (Wildman–Crippen LogP) is 4.51. The summed E-state index contributed by atoms with van der Waals surface area (Å²) in [6.07, 6.45) is -1.19. The Labute approximate surface area is 223 Å². The first-order valence-corrected chi connectivity index (χ1v) is 12.5. The van der Waals surface area contributed by atoms with Gasteiger partial charge in [-0.3, -0.25) is 14.4 Å². The summed E-state index contributed by atoms with van der Waals surface area (Å²) in [6.45, 7) is 1.94. The number of piperazine rings is 1. The van der Waals surface area contributed by atoms with Crippen LogP contribution in [0.5, 0.6) is 11.5 Å². The van der Waals surface area contributed by atoms with Gasteiger partial charge in [-0.1, -0.05) is 35.3 Å². The third kappa shape index (κ3) is 6.70. The molecule has 1 aliphatic rings. The van der Waals surface area contributed by atoms with Crippen LogP contribution in [0.25, 0.3) is 0 Å². The lowest BCUT2D eigenvalue weighted by Crippen LogP contribution is -2.54. The van der Waals surface area contributed by atoms with Crippen LogP contribution in [0.15, 0.2) is 48.7 Å². The lowest BCUT2D eigenvalue weighted by atomic mass is 10.1. The standard InChI is InChI=1S/C25H28Cl2F2N6O2/c1-33-10-11-34(14-17(33)13-30)25-19(31-23(36)12-16-8-9-35(32-16)15-22(28)29)6-7-21(24(25)27)37-20-5-3-2-4-18(20)26/h2-9,17,22H,10-15,30H2,1H3,(H,31,36)/t17-/m0/s1. The molecule has 0 saturated carbocycles. The number of likely N-dealkylation sites (N-methyl/N-ethyl adjacent to an activating group) is 1. The number of halogens is 4. The van der Waals surface area contributed by atoms with E-state index in [-0.39, 0.29) is 18.4 Å². The van der Waals surface area contributed by atoms with E-state index in [0.717, 1.165) is 11.2 Å². The summed E-state index contributed by atoms with van der Waals surface area (Å²) in [7, 11) is 2.02. The molecule has 0 bridgehead atoms. The molecule has 1 amide bonds. The Morgan fingerprint density at radius 1 is 1.19 bits per heavy atom. The highest BCUT2D eigenvalue weighted by Crippen LogP contribution is 2.44. The van der Waals surface area contributed by atoms with Crippen molar-refractivity contribution in [2.75, 3.05) is 43.4 Å². The smallest absolute Gasteiger partial charge is 0.257 e. The minimum Gasteiger partial charge on any atom is -0.454 e. The van der Waals surface area contributed by atoms with E-state index in [4.69, 9.17) is 33.7 Å². The number of anilines is 2. The fourth-order valence-electron chi connectivity index (χ4n) is 4.18. The van der Waals surface area contributed by atoms with E-state index in [2.05, 4.69) is 20.2 Å². The van der Waals surface area contributed by atoms with E-state index in [1.54, 1.807) is 42.5 Å². The van der Waals surface area contributed by atoms with Gasteiger partial charge in [0.25, 0.3) is 6.43 Å². The number of rotatable bonds is 9. The summed E-state index contributed by atoms with van der Waals surface area (Å²) in [5, 5.41) is 7.71. The maximum atomic E-state index is 12.9. The zero-order valence-electron chi connectivity index (χ0n) is 20.2. The van der Waals surface area contributed by atoms with Crippen LogP contribution in [0.2, 0.25) is 10.0 Å². The number of nitrogens with two attached hydrogens (primary N) is 1. The zero-order chi connectivity index (χ0) is 26.5. The molecular weight excluding hydrogens is 525 g/mol. The molecule has 3 aromatic rings. The molecule has 0 spiro atoms. The van der Waals surface area contributed by atoms with Gasteiger partial charge in [0.15, 0.2) is 0 Å². The van der Waals surface area contributed by atoms with Crippen molar-refractivity contribution in [1.29, 1.82) is 0 Å². The van der Waals surface area contributed by atoms with Gasteiger partial charge in [0.1, 0.15) is 23.1 Å². The van der Waals surface area contributed by atoms with E-state index < -0.39 is 13.0 Å². The minimum absolute atomic E-state index is 0.0840. The molecule has 1 saturated heterocycles. The van der Waals surface area contributed by atoms with E-state index in [0.29, 0.717) is 58.2 Å². The normalized spacial score (nSPS) is 16.3. The molecular formula is C25H28Cl2F2N6O2. The Balaban J connectivity index is 1.61. The summed E-state index contributed by atoms with van der Waals surface area (Å²) in [5.41, 5.74) is 7.47. The van der Waals surface area contributed by atoms with Crippen LogP contribution in [0.3, 0.4) is 0 Å². The van der Waals surface area contributed by atoms with Crippen LogP contribution in [0.4, 0.5) is 20.2 Å². The van der Waals surface area contributed by atoms with Gasteiger partial charge in [0.2, 0.25) is 5.91 Å². The second kappa shape index (κ2) is 12.1. The number of nitrogens with zero attached hydrogens (tertiary/aromatic N) is 4. The number of hydrogen-bond donors (Lipinski definition) is 2. The average Bonchev–Trinajstić information content (AvgIpc) is 3.28. The Morgan fingerprint density at radius 3 is 2.70 bits per heavy atom. The van der Waals surface area contributed by atoms with E-state index >= 15 is 0 Å². The summed E-state index contributed by atoms with van der Waals surface area (Å²) in [6, 6.07) is 12.1. The lowest BCUT2D eigenvalue weighted by molar-refractivity contribution is -0.115.